The van der Waals surface area contributed by atoms with Gasteiger partial charge in [0.1, 0.15) is 90.4 Å². The lowest BCUT2D eigenvalue weighted by atomic mass is 9.97. The van der Waals surface area contributed by atoms with Gasteiger partial charge in [0.05, 0.1) is 59.5 Å². The third-order valence-corrected chi connectivity index (χ3v) is 22.2. The minimum atomic E-state index is -4.84. The molecule has 17 unspecified atom stereocenters. The number of unbranched alkanes of at least 4 members (excludes halogenated alkanes) is 15. The summed E-state index contributed by atoms with van der Waals surface area (Å²) in [7, 11) is -8.20. The van der Waals surface area contributed by atoms with Gasteiger partial charge in [0.15, 0.2) is 18.9 Å². The predicted octanol–water partition coefficient (Wildman–Crippen LogP) is 2.97. The van der Waals surface area contributed by atoms with E-state index in [2.05, 4.69) is 36.7 Å². The summed E-state index contributed by atoms with van der Waals surface area (Å²) in [6, 6.07) is -3.17. The molecule has 0 spiro atoms. The molecule has 0 aromatic rings. The number of carbonyl (C=O) groups is 9. The van der Waals surface area contributed by atoms with Crippen LogP contribution in [-0.2, 0) is 104 Å². The highest BCUT2D eigenvalue weighted by molar-refractivity contribution is 7.47. The maximum atomic E-state index is 13.7. The third kappa shape index (κ3) is 51.4. The number of rotatable bonds is 69. The van der Waals surface area contributed by atoms with Crippen LogP contribution in [-0.4, -0.2) is 346 Å². The molecule has 15 N–H and O–H groups in total. The number of aliphatic hydroxyl groups excluding tert-OH is 10. The van der Waals surface area contributed by atoms with Crippen LogP contribution >= 0.6 is 15.6 Å². The van der Waals surface area contributed by atoms with Crippen molar-refractivity contribution in [3.8, 4) is 0 Å². The second-order valence-electron chi connectivity index (χ2n) is 31.6. The number of methoxy groups -OCH3 is 1. The Morgan fingerprint density at radius 3 is 0.780 bits per heavy atom. The molecule has 6 amide bonds. The summed E-state index contributed by atoms with van der Waals surface area (Å²) in [5.74, 6) is -1.49. The number of hydrogen-bond donors (Lipinski definition) is 15. The number of nitrogens with one attached hydrogen (secondary N) is 3. The lowest BCUT2D eigenvalue weighted by molar-refractivity contribution is -0.270. The molecule has 3 rings (SSSR count). The highest BCUT2D eigenvalue weighted by Gasteiger charge is 2.48. The first-order chi connectivity index (χ1) is 58.0. The second kappa shape index (κ2) is 67.6. The Balaban J connectivity index is 0.0000148. The van der Waals surface area contributed by atoms with E-state index in [1.54, 1.807) is 0 Å². The first kappa shape index (κ1) is 116. The molecule has 3 heterocycles. The zero-order valence-corrected chi connectivity index (χ0v) is 74.6. The maximum Gasteiger partial charge on any atom is 0.472 e. The number of carbonyl (C=O) groups excluding carboxylic acids is 9. The van der Waals surface area contributed by atoms with Crippen molar-refractivity contribution in [3.63, 3.8) is 0 Å². The van der Waals surface area contributed by atoms with E-state index in [1.807, 2.05) is 0 Å². The highest BCUT2D eigenvalue weighted by atomic mass is 31.2. The van der Waals surface area contributed by atoms with Crippen molar-refractivity contribution >= 4 is 68.4 Å². The average molecular weight is 1820 g/mol. The summed E-state index contributed by atoms with van der Waals surface area (Å²) in [5.41, 5.74) is 0. The number of nitrogens with zero attached hydrogens (tertiary/aromatic N) is 3. The average Bonchev–Trinajstić information content (AvgIpc) is 0.817. The van der Waals surface area contributed by atoms with E-state index < -0.39 is 184 Å². The van der Waals surface area contributed by atoms with E-state index in [-0.39, 0.29) is 122 Å². The molecular formula is C81H152N6O34P2. The summed E-state index contributed by atoms with van der Waals surface area (Å²) in [6.07, 6.45) is -0.978. The van der Waals surface area contributed by atoms with Gasteiger partial charge in [-0.3, -0.25) is 61.2 Å². The summed E-state index contributed by atoms with van der Waals surface area (Å²) < 4.78 is 86.3. The topological polar surface area (TPSA) is 578 Å². The number of ether oxygens (including phenoxy) is 7. The van der Waals surface area contributed by atoms with Crippen molar-refractivity contribution in [3.05, 3.63) is 0 Å². The number of phosphoric acid groups is 2. The number of aliphatic hydroxyl groups is 10. The highest BCUT2D eigenvalue weighted by Crippen LogP contribution is 2.44. The van der Waals surface area contributed by atoms with Gasteiger partial charge in [0, 0.05) is 145 Å². The molecular weight excluding hydrogens is 1660 g/mol. The number of phosphoric ester groups is 2. The normalized spacial score (nSPS) is 23.6. The van der Waals surface area contributed by atoms with Gasteiger partial charge < -0.3 is 125 Å². The molecule has 0 aromatic heterocycles. The molecule has 40 nitrogen and oxygen atoms in total. The van der Waals surface area contributed by atoms with Crippen LogP contribution in [0.2, 0.25) is 0 Å². The molecule has 3 fully saturated rings. The monoisotopic (exact) mass is 1810 g/mol. The van der Waals surface area contributed by atoms with Gasteiger partial charge in [0.25, 0.3) is 0 Å². The van der Waals surface area contributed by atoms with Crippen LogP contribution in [0.5, 0.6) is 0 Å². The molecule has 3 aliphatic heterocycles. The van der Waals surface area contributed by atoms with Crippen molar-refractivity contribution in [2.45, 2.75) is 334 Å². The van der Waals surface area contributed by atoms with Crippen LogP contribution < -0.4 is 16.0 Å². The van der Waals surface area contributed by atoms with E-state index in [4.69, 9.17) is 51.3 Å². The van der Waals surface area contributed by atoms with Gasteiger partial charge in [-0.2, -0.15) is 0 Å². The Hall–Kier alpha value is -4.63. The van der Waals surface area contributed by atoms with Crippen LogP contribution in [0.1, 0.15) is 242 Å². The molecule has 17 atom stereocenters. The molecule has 3 saturated heterocycles. The number of Topliss-reactive ketones (excluding diaryl/α,β-unsaturated/α-hetero) is 3. The van der Waals surface area contributed by atoms with Crippen LogP contribution in [0.4, 0.5) is 0 Å². The summed E-state index contributed by atoms with van der Waals surface area (Å²) in [4.78, 5) is 139. The van der Waals surface area contributed by atoms with E-state index in [0.29, 0.717) is 173 Å². The number of hydrogen-bond acceptors (Lipinski definition) is 32. The molecule has 0 bridgehead atoms. The Morgan fingerprint density at radius 1 is 0.341 bits per heavy atom. The number of amides is 6. The van der Waals surface area contributed by atoms with Gasteiger partial charge in [-0.15, -0.1) is 0 Å². The van der Waals surface area contributed by atoms with E-state index in [1.165, 1.54) is 42.6 Å². The molecule has 0 radical (unpaired) electrons. The lowest BCUT2D eigenvalue weighted by Crippen LogP contribution is -2.64. The fraction of sp³-hybridized carbons (Fsp3) is 0.889. The first-order valence-electron chi connectivity index (χ1n) is 43.3. The standard InChI is InChI=1S/C76H138N6O34P2.C4H10.CH4/c1-53(87)77-65-71(99)68(96)59(50-84)114-74(65)107-42-23-11-17-29-56(90)26-14-5-8-20-32-62(93)80(35-41-83)37-46-110-117(102,103)112-48-39-82(64(95)34-22-10-7-16-28-58(92)31-19-13-25-44-109-76-67(79-55(3)89)73(101)70(98)61(52-86)116-76)40-49-113-118(104,105)111-47-38-81(36-45-106-4)63(94)33-21-9-6-15-27-57(91)30-18-12-24-43-108-75-66(78-54(2)88)72(100)69(97)60(51-85)115-75;1-4(2)3;/h59-61,65-76,83-86,96-101H,5-52H2,1-4H3,(H,77,87)(H,78,88)(H,79,89)(H,102,103)(H,104,105);4H,1-3H3;1H4. The van der Waals surface area contributed by atoms with Crippen molar-refractivity contribution in [2.24, 2.45) is 5.92 Å². The SMILES string of the molecule is C.CC(C)C.COCCN(CCOP(=O)(O)OCCN(CCOP(=O)(O)OCCN(CCO)C(=O)CCCCCCC(=O)CCCCCOC1OC(CO)C(O)C(O)C1NC(C)=O)C(=O)CCCCCCC(=O)CCCCCOC1OC(CO)C(O)C(O)C1NC(C)=O)C(=O)CCCCCCC(=O)CCCCCOC1OC(CO)C(O)C(O)C1NC(C)=O. The van der Waals surface area contributed by atoms with E-state index in [9.17, 15) is 113 Å². The molecule has 123 heavy (non-hydrogen) atoms. The quantitative estimate of drug-likeness (QED) is 0.0307. The number of ketones is 3. The molecule has 0 aliphatic carbocycles. The minimum Gasteiger partial charge on any atom is -0.395 e. The lowest BCUT2D eigenvalue weighted by Gasteiger charge is -2.42. The van der Waals surface area contributed by atoms with Crippen molar-refractivity contribution < 1.29 is 164 Å². The summed E-state index contributed by atoms with van der Waals surface area (Å²) in [6.45, 7) is 5.82. The van der Waals surface area contributed by atoms with Crippen LogP contribution in [0.25, 0.3) is 0 Å². The fourth-order valence-corrected chi connectivity index (χ4v) is 14.9. The van der Waals surface area contributed by atoms with Gasteiger partial charge in [-0.25, -0.2) is 9.13 Å². The van der Waals surface area contributed by atoms with Gasteiger partial charge in [-0.05, 0) is 83.0 Å². The fourth-order valence-electron chi connectivity index (χ4n) is 13.5. The smallest absolute Gasteiger partial charge is 0.395 e. The Bertz CT molecular complexity index is 3030. The van der Waals surface area contributed by atoms with Crippen LogP contribution in [0.3, 0.4) is 0 Å². The zero-order valence-electron chi connectivity index (χ0n) is 72.8. The molecule has 0 saturated carbocycles. The van der Waals surface area contributed by atoms with Crippen LogP contribution in [0.15, 0.2) is 0 Å². The molecule has 42 heteroatoms. The second-order valence-corrected chi connectivity index (χ2v) is 34.5. The summed E-state index contributed by atoms with van der Waals surface area (Å²) >= 11 is 0. The molecule has 720 valence electrons. The van der Waals surface area contributed by atoms with Crippen LogP contribution in [0, 0.1) is 5.92 Å². The first-order valence-corrected chi connectivity index (χ1v) is 46.3. The predicted molar refractivity (Wildman–Crippen MR) is 447 cm³/mol. The zero-order chi connectivity index (χ0) is 91.0. The maximum absolute atomic E-state index is 13.7. The van der Waals surface area contributed by atoms with Crippen molar-refractivity contribution in [2.75, 3.05) is 126 Å². The van der Waals surface area contributed by atoms with E-state index >= 15 is 0 Å². The largest absolute Gasteiger partial charge is 0.472 e. The third-order valence-electron chi connectivity index (χ3n) is 20.1. The van der Waals surface area contributed by atoms with Crippen molar-refractivity contribution in [1.29, 1.82) is 0 Å². The minimum absolute atomic E-state index is 0. The van der Waals surface area contributed by atoms with Gasteiger partial charge in [0.2, 0.25) is 35.4 Å². The summed E-state index contributed by atoms with van der Waals surface area (Å²) in [5, 5.41) is 108. The Kier molecular flexibility index (Phi) is 63.9. The Morgan fingerprint density at radius 2 is 0.561 bits per heavy atom. The van der Waals surface area contributed by atoms with Gasteiger partial charge in [-0.1, -0.05) is 86.0 Å². The Labute approximate surface area is 725 Å². The molecule has 3 aliphatic rings. The van der Waals surface area contributed by atoms with Gasteiger partial charge >= 0.3 is 15.6 Å². The molecule has 0 aromatic carbocycles. The van der Waals surface area contributed by atoms with E-state index in [0.717, 1.165) is 5.92 Å². The van der Waals surface area contributed by atoms with Crippen molar-refractivity contribution in [1.82, 2.24) is 30.7 Å².